The van der Waals surface area contributed by atoms with E-state index in [-0.39, 0.29) is 58.6 Å². The van der Waals surface area contributed by atoms with Gasteiger partial charge in [-0.2, -0.15) is 0 Å². The second-order valence-electron chi connectivity index (χ2n) is 2.75. The molecule has 2 rings (SSSR count). The molecule has 0 N–H and O–H groups in total. The smallest absolute Gasteiger partial charge is 1.00 e. The average molecular weight is 456 g/mol. The van der Waals surface area contributed by atoms with Crippen molar-refractivity contribution in [3.63, 3.8) is 0 Å². The fourth-order valence-corrected chi connectivity index (χ4v) is 1.70. The molecule has 0 aliphatic heterocycles. The van der Waals surface area contributed by atoms with Gasteiger partial charge in [0.1, 0.15) is 0 Å². The van der Waals surface area contributed by atoms with Crippen molar-refractivity contribution < 1.29 is 68.5 Å². The quantitative estimate of drug-likeness (QED) is 0.393. The molecule has 0 saturated carbocycles. The number of rotatable bonds is 1. The van der Waals surface area contributed by atoms with E-state index >= 15 is 0 Å². The standard InChI is InChI=1S/C10H7O.Co.2HI/c11-7-9-6-5-8-3-1-2-4-10(8)9;;;/h1-6,9H;;2*1H/q;+2;;/p-2. The van der Waals surface area contributed by atoms with Crippen molar-refractivity contribution >= 4 is 10.8 Å². The molecular weight excluding hydrogens is 449 g/mol. The van der Waals surface area contributed by atoms with Crippen LogP contribution in [0.4, 0.5) is 0 Å². The van der Waals surface area contributed by atoms with Gasteiger partial charge in [-0.1, -0.05) is 0 Å². The third-order valence-electron chi connectivity index (χ3n) is 2.03. The zero-order valence-electron chi connectivity index (χ0n) is 7.04. The molecule has 0 fully saturated rings. The number of fused-ring (bicyclic) bond motifs is 1. The summed E-state index contributed by atoms with van der Waals surface area (Å²) in [6.45, 7) is 0. The van der Waals surface area contributed by atoms with Gasteiger partial charge in [0.25, 0.3) is 0 Å². The fraction of sp³-hybridized carbons (Fsp3) is 0.100. The number of hydrogen-bond acceptors (Lipinski definition) is 1. The van der Waals surface area contributed by atoms with Crippen molar-refractivity contribution in [3.8, 4) is 0 Å². The first-order chi connectivity index (χ1) is 5.79. The minimum Gasteiger partial charge on any atom is -1.00 e. The third-order valence-corrected chi connectivity index (χ3v) is 2.35. The number of allylic oxidation sites excluding steroid dienone is 1. The third kappa shape index (κ3) is 2.80. The molecule has 0 radical (unpaired) electrons. The van der Waals surface area contributed by atoms with Gasteiger partial charge in [-0.15, -0.1) is 0 Å². The summed E-state index contributed by atoms with van der Waals surface area (Å²) < 4.78 is -0.0938. The maximum absolute atomic E-state index is 11.0. The van der Waals surface area contributed by atoms with E-state index < -0.39 is 0 Å². The van der Waals surface area contributed by atoms with E-state index in [4.69, 9.17) is 0 Å². The van der Waals surface area contributed by atoms with Crippen molar-refractivity contribution in [2.75, 3.05) is 0 Å². The van der Waals surface area contributed by atoms with Crippen LogP contribution in [0.2, 0.25) is 0 Å². The fourth-order valence-electron chi connectivity index (χ4n) is 1.44. The molecule has 0 amide bonds. The molecule has 1 aliphatic carbocycles. The topological polar surface area (TPSA) is 17.1 Å². The molecule has 0 spiro atoms. The molecule has 1 atom stereocenters. The Morgan fingerprint density at radius 3 is 2.50 bits per heavy atom. The van der Waals surface area contributed by atoms with Gasteiger partial charge in [0.2, 0.25) is 0 Å². The molecular formula is C10H7CoI2O. The van der Waals surface area contributed by atoms with Crippen LogP contribution < -0.4 is 48.0 Å². The second kappa shape index (κ2) is 6.24. The Morgan fingerprint density at radius 2 is 1.86 bits per heavy atom. The van der Waals surface area contributed by atoms with Crippen LogP contribution in [0.5, 0.6) is 0 Å². The number of carbonyl (C=O) groups excluding carboxylic acids is 1. The molecule has 0 aromatic heterocycles. The van der Waals surface area contributed by atoms with E-state index in [0.29, 0.717) is 0 Å². The summed E-state index contributed by atoms with van der Waals surface area (Å²) in [6, 6.07) is 7.87. The summed E-state index contributed by atoms with van der Waals surface area (Å²) >= 11 is 3.88. The molecule has 1 unspecified atom stereocenters. The average Bonchev–Trinajstić information content (AvgIpc) is 2.47. The van der Waals surface area contributed by atoms with Crippen molar-refractivity contribution in [1.29, 1.82) is 0 Å². The van der Waals surface area contributed by atoms with Gasteiger partial charge in [0, 0.05) is 0 Å². The molecule has 4 heteroatoms. The molecule has 1 aromatic carbocycles. The molecule has 0 heterocycles. The van der Waals surface area contributed by atoms with Crippen LogP contribution in [0.1, 0.15) is 17.0 Å². The summed E-state index contributed by atoms with van der Waals surface area (Å²) in [6.07, 6.45) is 3.85. The molecule has 0 bridgehead atoms. The second-order valence-corrected chi connectivity index (χ2v) is 3.26. The van der Waals surface area contributed by atoms with Crippen molar-refractivity contribution in [3.05, 3.63) is 41.5 Å². The largest absolute Gasteiger partial charge is 1.00 e. The van der Waals surface area contributed by atoms with Crippen LogP contribution in [0.15, 0.2) is 30.3 Å². The Morgan fingerprint density at radius 1 is 1.21 bits per heavy atom. The minimum atomic E-state index is -0.138. The summed E-state index contributed by atoms with van der Waals surface area (Å²) in [5.41, 5.74) is 2.19. The summed E-state index contributed by atoms with van der Waals surface area (Å²) in [4.78, 5) is 11.0. The molecule has 76 valence electrons. The summed E-state index contributed by atoms with van der Waals surface area (Å²) in [7, 11) is 0. The van der Waals surface area contributed by atoms with Crippen LogP contribution in [0.25, 0.3) is 6.08 Å². The normalized spacial score (nSPS) is 16.5. The first kappa shape index (κ1) is 14.6. The zero-order valence-corrected chi connectivity index (χ0v) is 12.4. The van der Waals surface area contributed by atoms with Gasteiger partial charge in [0.15, 0.2) is 0 Å². The van der Waals surface area contributed by atoms with Gasteiger partial charge in [-0.05, 0) is 0 Å². The van der Waals surface area contributed by atoms with E-state index in [0.717, 1.165) is 11.1 Å². The maximum Gasteiger partial charge on any atom is -1.00 e. The molecule has 0 saturated heterocycles. The maximum atomic E-state index is 11.0. The molecule has 1 aromatic rings. The van der Waals surface area contributed by atoms with E-state index in [1.165, 1.54) is 0 Å². The molecule has 1 aliphatic rings. The Balaban J connectivity index is 0.000000845. The van der Waals surface area contributed by atoms with E-state index in [2.05, 4.69) is 15.7 Å². The minimum absolute atomic E-state index is 0. The van der Waals surface area contributed by atoms with Crippen LogP contribution in [0.3, 0.4) is 0 Å². The number of carbonyl (C=O) groups is 1. The predicted octanol–water partition coefficient (Wildman–Crippen LogP) is -4.12. The first-order valence-corrected chi connectivity index (χ1v) is 4.25. The van der Waals surface area contributed by atoms with Crippen LogP contribution in [0, 0.1) is 0 Å². The Hall–Kier alpha value is 0.596. The van der Waals surface area contributed by atoms with E-state index in [1.54, 1.807) is 0 Å². The Bertz CT molecular complexity index is 363. The summed E-state index contributed by atoms with van der Waals surface area (Å²) in [5, 5.41) is 0. The van der Waals surface area contributed by atoms with Crippen LogP contribution in [-0.2, 0) is 20.5 Å². The van der Waals surface area contributed by atoms with Gasteiger partial charge >= 0.3 is 78.7 Å². The zero-order chi connectivity index (χ0) is 8.55. The van der Waals surface area contributed by atoms with Gasteiger partial charge in [-0.3, -0.25) is 0 Å². The number of hydrogen-bond donors (Lipinski definition) is 0. The van der Waals surface area contributed by atoms with E-state index in [9.17, 15) is 4.79 Å². The summed E-state index contributed by atoms with van der Waals surface area (Å²) in [5.74, 6) is -0.138. The number of halogens is 2. The predicted molar refractivity (Wildman–Crippen MR) is 43.2 cm³/mol. The van der Waals surface area contributed by atoms with Crippen molar-refractivity contribution in [1.82, 2.24) is 0 Å². The van der Waals surface area contributed by atoms with Gasteiger partial charge < -0.3 is 48.0 Å². The number of benzene rings is 1. The van der Waals surface area contributed by atoms with E-state index in [1.807, 2.05) is 36.4 Å². The van der Waals surface area contributed by atoms with Crippen LogP contribution >= 0.6 is 0 Å². The van der Waals surface area contributed by atoms with Crippen molar-refractivity contribution in [2.24, 2.45) is 0 Å². The molecule has 1 nitrogen and oxygen atoms in total. The van der Waals surface area contributed by atoms with Crippen LogP contribution in [-0.4, -0.2) is 4.72 Å². The SMILES string of the molecule is O=[C]([Co+2])C1C=Cc2ccccc21.[I-].[I-]. The Labute approximate surface area is 125 Å². The van der Waals surface area contributed by atoms with Crippen molar-refractivity contribution in [2.45, 2.75) is 5.92 Å². The van der Waals surface area contributed by atoms with Gasteiger partial charge in [-0.25, -0.2) is 0 Å². The first-order valence-electron chi connectivity index (χ1n) is 3.73. The Kier molecular flexibility index (Phi) is 6.50. The molecule has 14 heavy (non-hydrogen) atoms. The monoisotopic (exact) mass is 456 g/mol. The van der Waals surface area contributed by atoms with Gasteiger partial charge in [0.05, 0.1) is 0 Å².